The number of nitrogens with zero attached hydrogens (tertiary/aromatic N) is 1. The van der Waals surface area contributed by atoms with E-state index in [1.165, 1.54) is 6.07 Å². The molecule has 2 aliphatic rings. The number of alkyl halides is 2. The average Bonchev–Trinajstić information content (AvgIpc) is 2.80. The number of rotatable bonds is 1. The lowest BCUT2D eigenvalue weighted by molar-refractivity contribution is -0.286. The maximum atomic E-state index is 12.8. The third-order valence-electron chi connectivity index (χ3n) is 2.86. The number of ether oxygens (including phenoxy) is 2. The lowest BCUT2D eigenvalue weighted by Crippen LogP contribution is -2.26. The van der Waals surface area contributed by atoms with E-state index in [0.717, 1.165) is 31.6 Å². The van der Waals surface area contributed by atoms with E-state index in [4.69, 9.17) is 0 Å². The average molecular weight is 227 g/mol. The van der Waals surface area contributed by atoms with Gasteiger partial charge >= 0.3 is 6.29 Å². The Morgan fingerprint density at radius 1 is 1.06 bits per heavy atom. The van der Waals surface area contributed by atoms with Crippen molar-refractivity contribution in [3.63, 3.8) is 0 Å². The summed E-state index contributed by atoms with van der Waals surface area (Å²) in [4.78, 5) is 2.15. The van der Waals surface area contributed by atoms with Crippen molar-refractivity contribution in [2.24, 2.45) is 0 Å². The van der Waals surface area contributed by atoms with E-state index in [-0.39, 0.29) is 11.5 Å². The van der Waals surface area contributed by atoms with E-state index >= 15 is 0 Å². The lowest BCUT2D eigenvalue weighted by Gasteiger charge is -2.17. The Morgan fingerprint density at radius 3 is 2.50 bits per heavy atom. The molecule has 1 aromatic rings. The second kappa shape index (κ2) is 3.23. The molecule has 0 saturated carbocycles. The largest absolute Gasteiger partial charge is 0.586 e. The molecule has 1 aromatic carbocycles. The molecule has 0 radical (unpaired) electrons. The van der Waals surface area contributed by atoms with Gasteiger partial charge in [-0.2, -0.15) is 0 Å². The predicted molar refractivity (Wildman–Crippen MR) is 54.1 cm³/mol. The standard InChI is InChI=1S/C11H11F2NO2/c12-11(13)15-9-4-3-8(7-10(9)16-11)14-5-1-2-6-14/h3-4,7H,1-2,5-6H2. The molecule has 3 rings (SSSR count). The highest BCUT2D eigenvalue weighted by Crippen LogP contribution is 2.43. The van der Waals surface area contributed by atoms with Gasteiger partial charge in [0.1, 0.15) is 0 Å². The minimum Gasteiger partial charge on any atom is -0.395 e. The van der Waals surface area contributed by atoms with Crippen LogP contribution in [0.1, 0.15) is 12.8 Å². The number of hydrogen-bond acceptors (Lipinski definition) is 3. The quantitative estimate of drug-likeness (QED) is 0.736. The van der Waals surface area contributed by atoms with Crippen LogP contribution in [-0.4, -0.2) is 19.4 Å². The van der Waals surface area contributed by atoms with Gasteiger partial charge in [-0.1, -0.05) is 0 Å². The summed E-state index contributed by atoms with van der Waals surface area (Å²) in [5.41, 5.74) is 0.914. The summed E-state index contributed by atoms with van der Waals surface area (Å²) < 4.78 is 34.3. The van der Waals surface area contributed by atoms with Crippen LogP contribution in [0, 0.1) is 0 Å². The number of fused-ring (bicyclic) bond motifs is 1. The van der Waals surface area contributed by atoms with Gasteiger partial charge in [0.25, 0.3) is 0 Å². The van der Waals surface area contributed by atoms with Crippen LogP contribution < -0.4 is 14.4 Å². The van der Waals surface area contributed by atoms with Crippen LogP contribution in [0.2, 0.25) is 0 Å². The maximum Gasteiger partial charge on any atom is 0.586 e. The van der Waals surface area contributed by atoms with Gasteiger partial charge in [-0.15, -0.1) is 8.78 Å². The van der Waals surface area contributed by atoms with Gasteiger partial charge in [0.15, 0.2) is 11.5 Å². The van der Waals surface area contributed by atoms with Crippen molar-refractivity contribution in [3.05, 3.63) is 18.2 Å². The van der Waals surface area contributed by atoms with Crippen molar-refractivity contribution in [2.75, 3.05) is 18.0 Å². The van der Waals surface area contributed by atoms with Crippen LogP contribution >= 0.6 is 0 Å². The zero-order valence-electron chi connectivity index (χ0n) is 8.58. The van der Waals surface area contributed by atoms with E-state index in [2.05, 4.69) is 14.4 Å². The fourth-order valence-corrected chi connectivity index (χ4v) is 2.11. The molecule has 5 heteroatoms. The Kier molecular flexibility index (Phi) is 1.96. The Morgan fingerprint density at radius 2 is 1.75 bits per heavy atom. The Hall–Kier alpha value is -1.52. The molecule has 1 fully saturated rings. The van der Waals surface area contributed by atoms with Crippen LogP contribution in [-0.2, 0) is 0 Å². The molecule has 86 valence electrons. The lowest BCUT2D eigenvalue weighted by atomic mass is 10.2. The number of anilines is 1. The molecule has 0 atom stereocenters. The Balaban J connectivity index is 1.89. The van der Waals surface area contributed by atoms with Crippen molar-refractivity contribution in [1.82, 2.24) is 0 Å². The van der Waals surface area contributed by atoms with Gasteiger partial charge in [0.05, 0.1) is 0 Å². The first-order chi connectivity index (χ1) is 7.64. The molecule has 2 heterocycles. The van der Waals surface area contributed by atoms with Gasteiger partial charge in [0.2, 0.25) is 0 Å². The third-order valence-corrected chi connectivity index (χ3v) is 2.86. The molecule has 0 aliphatic carbocycles. The monoisotopic (exact) mass is 227 g/mol. The first-order valence-corrected chi connectivity index (χ1v) is 5.29. The summed E-state index contributed by atoms with van der Waals surface area (Å²) in [5.74, 6) is 0.224. The van der Waals surface area contributed by atoms with E-state index in [9.17, 15) is 8.78 Å². The minimum atomic E-state index is -3.52. The number of halogens is 2. The highest BCUT2D eigenvalue weighted by atomic mass is 19.3. The van der Waals surface area contributed by atoms with Crippen LogP contribution in [0.4, 0.5) is 14.5 Å². The number of benzene rings is 1. The first kappa shape index (κ1) is 9.69. The first-order valence-electron chi connectivity index (χ1n) is 5.29. The fraction of sp³-hybridized carbons (Fsp3) is 0.455. The summed E-state index contributed by atoms with van der Waals surface area (Å²) in [5, 5.41) is 0. The fourth-order valence-electron chi connectivity index (χ4n) is 2.11. The maximum absolute atomic E-state index is 12.8. The van der Waals surface area contributed by atoms with Crippen LogP contribution in [0.3, 0.4) is 0 Å². The summed E-state index contributed by atoms with van der Waals surface area (Å²) in [6, 6.07) is 4.93. The molecule has 0 bridgehead atoms. The molecule has 2 aliphatic heterocycles. The molecule has 1 saturated heterocycles. The molecule has 0 aromatic heterocycles. The van der Waals surface area contributed by atoms with E-state index in [1.807, 2.05) is 0 Å². The van der Waals surface area contributed by atoms with E-state index in [1.54, 1.807) is 12.1 Å². The summed E-state index contributed by atoms with van der Waals surface area (Å²) in [6.45, 7) is 1.94. The minimum absolute atomic E-state index is 0.105. The topological polar surface area (TPSA) is 21.7 Å². The van der Waals surface area contributed by atoms with Crippen molar-refractivity contribution in [3.8, 4) is 11.5 Å². The summed E-state index contributed by atoms with van der Waals surface area (Å²) >= 11 is 0. The van der Waals surface area contributed by atoms with Gasteiger partial charge < -0.3 is 14.4 Å². The molecular weight excluding hydrogens is 216 g/mol. The molecule has 0 unspecified atom stereocenters. The smallest absolute Gasteiger partial charge is 0.395 e. The molecule has 16 heavy (non-hydrogen) atoms. The summed E-state index contributed by atoms with van der Waals surface area (Å²) in [6.07, 6.45) is -1.23. The normalized spacial score (nSPS) is 21.5. The summed E-state index contributed by atoms with van der Waals surface area (Å²) in [7, 11) is 0. The zero-order chi connectivity index (χ0) is 11.2. The third kappa shape index (κ3) is 1.56. The second-order valence-electron chi connectivity index (χ2n) is 3.99. The van der Waals surface area contributed by atoms with Gasteiger partial charge in [0, 0.05) is 24.8 Å². The Bertz CT molecular complexity index is 416. The van der Waals surface area contributed by atoms with Crippen molar-refractivity contribution in [2.45, 2.75) is 19.1 Å². The van der Waals surface area contributed by atoms with Crippen LogP contribution in [0.25, 0.3) is 0 Å². The molecule has 0 amide bonds. The van der Waals surface area contributed by atoms with Gasteiger partial charge in [-0.25, -0.2) is 0 Å². The van der Waals surface area contributed by atoms with Crippen LogP contribution in [0.5, 0.6) is 11.5 Å². The van der Waals surface area contributed by atoms with Gasteiger partial charge in [-0.3, -0.25) is 0 Å². The molecule has 0 N–H and O–H groups in total. The molecular formula is C11H11F2NO2. The highest BCUT2D eigenvalue weighted by molar-refractivity contribution is 5.57. The SMILES string of the molecule is FC1(F)Oc2ccc(N3CCCC3)cc2O1. The van der Waals surface area contributed by atoms with Crippen molar-refractivity contribution in [1.29, 1.82) is 0 Å². The van der Waals surface area contributed by atoms with Gasteiger partial charge in [-0.05, 0) is 25.0 Å². The van der Waals surface area contributed by atoms with Crippen molar-refractivity contribution < 1.29 is 18.3 Å². The van der Waals surface area contributed by atoms with E-state index < -0.39 is 6.29 Å². The Labute approximate surface area is 91.6 Å². The molecule has 0 spiro atoms. The molecule has 3 nitrogen and oxygen atoms in total. The second-order valence-corrected chi connectivity index (χ2v) is 3.99. The van der Waals surface area contributed by atoms with E-state index in [0.29, 0.717) is 0 Å². The predicted octanol–water partition coefficient (Wildman–Crippen LogP) is 2.61. The highest BCUT2D eigenvalue weighted by Gasteiger charge is 2.43. The zero-order valence-corrected chi connectivity index (χ0v) is 8.58. The van der Waals surface area contributed by atoms with Crippen LogP contribution in [0.15, 0.2) is 18.2 Å². The van der Waals surface area contributed by atoms with Crippen molar-refractivity contribution >= 4 is 5.69 Å². The number of hydrogen-bond donors (Lipinski definition) is 0.